The zero-order valence-corrected chi connectivity index (χ0v) is 17.4. The second-order valence-electron chi connectivity index (χ2n) is 6.51. The zero-order chi connectivity index (χ0) is 21.3. The standard InChI is InChI=1S/C21H17ClN4O3S/c1-26(15-7-3-2-4-8-15)30(28,29)19-13-14(11-12-16(19)22)20(27)25-21-23-17-9-5-6-10-18(17)24-21/h2-13H,1H3,(H2,23,24,25,27). The highest BCUT2D eigenvalue weighted by Crippen LogP contribution is 2.28. The molecule has 0 saturated heterocycles. The Kier molecular flexibility index (Phi) is 5.19. The summed E-state index contributed by atoms with van der Waals surface area (Å²) in [5, 5.41) is 2.68. The molecule has 0 aliphatic carbocycles. The number of hydrogen-bond acceptors (Lipinski definition) is 4. The van der Waals surface area contributed by atoms with Gasteiger partial charge in [0.05, 0.1) is 21.7 Å². The number of aromatic amines is 1. The molecule has 0 bridgehead atoms. The van der Waals surface area contributed by atoms with Crippen LogP contribution in [-0.4, -0.2) is 31.3 Å². The van der Waals surface area contributed by atoms with E-state index in [2.05, 4.69) is 15.3 Å². The van der Waals surface area contributed by atoms with E-state index in [0.29, 0.717) is 11.2 Å². The first-order chi connectivity index (χ1) is 14.4. The molecule has 1 amide bonds. The van der Waals surface area contributed by atoms with Crippen LogP contribution in [0.15, 0.2) is 77.7 Å². The molecule has 0 aliphatic heterocycles. The highest BCUT2D eigenvalue weighted by molar-refractivity contribution is 7.93. The summed E-state index contributed by atoms with van der Waals surface area (Å²) in [6, 6.07) is 20.1. The van der Waals surface area contributed by atoms with E-state index in [9.17, 15) is 13.2 Å². The largest absolute Gasteiger partial charge is 0.324 e. The van der Waals surface area contributed by atoms with E-state index in [1.54, 1.807) is 30.3 Å². The third-order valence-corrected chi connectivity index (χ3v) is 6.84. The molecule has 1 aromatic heterocycles. The van der Waals surface area contributed by atoms with E-state index in [0.717, 1.165) is 9.82 Å². The van der Waals surface area contributed by atoms with Crippen LogP contribution >= 0.6 is 11.6 Å². The molecule has 0 saturated carbocycles. The van der Waals surface area contributed by atoms with Crippen LogP contribution in [0.4, 0.5) is 11.6 Å². The molecule has 152 valence electrons. The lowest BCUT2D eigenvalue weighted by atomic mass is 10.2. The Labute approximate surface area is 178 Å². The van der Waals surface area contributed by atoms with Crippen molar-refractivity contribution < 1.29 is 13.2 Å². The van der Waals surface area contributed by atoms with Gasteiger partial charge in [-0.1, -0.05) is 41.9 Å². The number of fused-ring (bicyclic) bond motifs is 1. The molecule has 9 heteroatoms. The number of nitrogens with zero attached hydrogens (tertiary/aromatic N) is 2. The maximum absolute atomic E-state index is 13.1. The minimum atomic E-state index is -3.97. The summed E-state index contributed by atoms with van der Waals surface area (Å²) in [6.45, 7) is 0. The number of aromatic nitrogens is 2. The molecule has 0 unspecified atom stereocenters. The van der Waals surface area contributed by atoms with Crippen LogP contribution in [0.25, 0.3) is 11.0 Å². The van der Waals surface area contributed by atoms with Crippen LogP contribution in [0.2, 0.25) is 5.02 Å². The van der Waals surface area contributed by atoms with E-state index in [1.165, 1.54) is 25.2 Å². The summed E-state index contributed by atoms with van der Waals surface area (Å²) in [7, 11) is -2.54. The summed E-state index contributed by atoms with van der Waals surface area (Å²) in [6.07, 6.45) is 0. The van der Waals surface area contributed by atoms with Gasteiger partial charge in [0.2, 0.25) is 5.95 Å². The quantitative estimate of drug-likeness (QED) is 0.483. The van der Waals surface area contributed by atoms with E-state index in [4.69, 9.17) is 11.6 Å². The zero-order valence-electron chi connectivity index (χ0n) is 15.8. The summed E-state index contributed by atoms with van der Waals surface area (Å²) in [5.74, 6) is -0.244. The lowest BCUT2D eigenvalue weighted by Crippen LogP contribution is -2.27. The lowest BCUT2D eigenvalue weighted by Gasteiger charge is -2.20. The van der Waals surface area contributed by atoms with Crippen molar-refractivity contribution in [2.75, 3.05) is 16.7 Å². The van der Waals surface area contributed by atoms with Gasteiger partial charge in [-0.05, 0) is 42.5 Å². The van der Waals surface area contributed by atoms with Crippen LogP contribution in [0.5, 0.6) is 0 Å². The Hall–Kier alpha value is -3.36. The number of para-hydroxylation sites is 3. The van der Waals surface area contributed by atoms with Crippen molar-refractivity contribution in [3.63, 3.8) is 0 Å². The van der Waals surface area contributed by atoms with Crippen molar-refractivity contribution in [3.8, 4) is 0 Å². The van der Waals surface area contributed by atoms with E-state index >= 15 is 0 Å². The number of halogens is 1. The van der Waals surface area contributed by atoms with Gasteiger partial charge in [0.1, 0.15) is 4.90 Å². The van der Waals surface area contributed by atoms with Gasteiger partial charge in [-0.25, -0.2) is 13.4 Å². The number of carbonyl (C=O) groups excluding carboxylic acids is 1. The van der Waals surface area contributed by atoms with Crippen molar-refractivity contribution in [1.82, 2.24) is 9.97 Å². The average molecular weight is 441 g/mol. The smallest absolute Gasteiger partial charge is 0.265 e. The first kappa shape index (κ1) is 19.9. The number of benzene rings is 3. The third kappa shape index (κ3) is 3.74. The maximum atomic E-state index is 13.1. The predicted octanol–water partition coefficient (Wildman–Crippen LogP) is 4.29. The van der Waals surface area contributed by atoms with Gasteiger partial charge in [0, 0.05) is 12.6 Å². The number of rotatable bonds is 5. The fourth-order valence-electron chi connectivity index (χ4n) is 2.96. The van der Waals surface area contributed by atoms with Gasteiger partial charge in [-0.15, -0.1) is 0 Å². The average Bonchev–Trinajstić information content (AvgIpc) is 3.16. The number of H-pyrrole nitrogens is 1. The molecule has 0 spiro atoms. The van der Waals surface area contributed by atoms with Crippen LogP contribution in [0.3, 0.4) is 0 Å². The van der Waals surface area contributed by atoms with E-state index in [1.807, 2.05) is 24.3 Å². The minimum Gasteiger partial charge on any atom is -0.324 e. The number of anilines is 2. The summed E-state index contributed by atoms with van der Waals surface area (Å²) in [5.41, 5.74) is 2.10. The van der Waals surface area contributed by atoms with E-state index in [-0.39, 0.29) is 21.4 Å². The maximum Gasteiger partial charge on any atom is 0.265 e. The molecule has 4 rings (SSSR count). The van der Waals surface area contributed by atoms with Crippen LogP contribution in [-0.2, 0) is 10.0 Å². The van der Waals surface area contributed by atoms with Crippen LogP contribution in [0.1, 0.15) is 10.4 Å². The minimum absolute atomic E-state index is 0.0260. The van der Waals surface area contributed by atoms with Gasteiger partial charge in [0.25, 0.3) is 15.9 Å². The lowest BCUT2D eigenvalue weighted by molar-refractivity contribution is 0.102. The Morgan fingerprint density at radius 2 is 1.73 bits per heavy atom. The number of amides is 1. The SMILES string of the molecule is CN(c1ccccc1)S(=O)(=O)c1cc(C(=O)Nc2nc3ccccc3[nH]2)ccc1Cl. The molecule has 0 fully saturated rings. The molecule has 4 aromatic rings. The topological polar surface area (TPSA) is 95.2 Å². The highest BCUT2D eigenvalue weighted by Gasteiger charge is 2.25. The number of sulfonamides is 1. The van der Waals surface area contributed by atoms with Crippen LogP contribution in [0, 0.1) is 0 Å². The number of hydrogen-bond donors (Lipinski definition) is 2. The molecule has 30 heavy (non-hydrogen) atoms. The molecule has 0 aliphatic rings. The fraction of sp³-hybridized carbons (Fsp3) is 0.0476. The Balaban J connectivity index is 1.64. The van der Waals surface area contributed by atoms with E-state index < -0.39 is 15.9 Å². The monoisotopic (exact) mass is 440 g/mol. The fourth-order valence-corrected chi connectivity index (χ4v) is 4.65. The van der Waals surface area contributed by atoms with Gasteiger partial charge in [-0.2, -0.15) is 0 Å². The third-order valence-electron chi connectivity index (χ3n) is 4.57. The summed E-state index contributed by atoms with van der Waals surface area (Å²) < 4.78 is 27.3. The van der Waals surface area contributed by atoms with Gasteiger partial charge >= 0.3 is 0 Å². The molecule has 0 atom stereocenters. The van der Waals surface area contributed by atoms with Crippen molar-refractivity contribution in [1.29, 1.82) is 0 Å². The molecule has 7 nitrogen and oxygen atoms in total. The second-order valence-corrected chi connectivity index (χ2v) is 8.85. The predicted molar refractivity (Wildman–Crippen MR) is 118 cm³/mol. The summed E-state index contributed by atoms with van der Waals surface area (Å²) in [4.78, 5) is 19.8. The van der Waals surface area contributed by atoms with Crippen molar-refractivity contribution in [2.45, 2.75) is 4.90 Å². The number of nitrogens with one attached hydrogen (secondary N) is 2. The first-order valence-corrected chi connectivity index (χ1v) is 10.8. The van der Waals surface area contributed by atoms with Crippen molar-refractivity contribution >= 4 is 50.2 Å². The molecule has 0 radical (unpaired) electrons. The van der Waals surface area contributed by atoms with Gasteiger partial charge in [0.15, 0.2) is 0 Å². The van der Waals surface area contributed by atoms with Crippen molar-refractivity contribution in [2.24, 2.45) is 0 Å². The molecule has 2 N–H and O–H groups in total. The molecular weight excluding hydrogens is 424 g/mol. The first-order valence-electron chi connectivity index (χ1n) is 8.96. The highest BCUT2D eigenvalue weighted by atomic mass is 35.5. The Morgan fingerprint density at radius 3 is 2.47 bits per heavy atom. The van der Waals surface area contributed by atoms with Gasteiger partial charge < -0.3 is 4.98 Å². The number of carbonyl (C=O) groups is 1. The Morgan fingerprint density at radius 1 is 1.03 bits per heavy atom. The van der Waals surface area contributed by atoms with Crippen LogP contribution < -0.4 is 9.62 Å². The Bertz CT molecular complexity index is 1300. The summed E-state index contributed by atoms with van der Waals surface area (Å²) >= 11 is 6.17. The van der Waals surface area contributed by atoms with Crippen molar-refractivity contribution in [3.05, 3.63) is 83.4 Å². The van der Waals surface area contributed by atoms with Gasteiger partial charge in [-0.3, -0.25) is 14.4 Å². The molecule has 3 aromatic carbocycles. The number of imidazole rings is 1. The molecule has 1 heterocycles. The second kappa shape index (κ2) is 7.81. The molecular formula is C21H17ClN4O3S. The normalized spacial score (nSPS) is 11.4.